The van der Waals surface area contributed by atoms with Crippen molar-refractivity contribution in [2.24, 2.45) is 0 Å². The van der Waals surface area contributed by atoms with E-state index >= 15 is 0 Å². The van der Waals surface area contributed by atoms with Gasteiger partial charge in [-0.2, -0.15) is 0 Å². The van der Waals surface area contributed by atoms with Gasteiger partial charge < -0.3 is 0 Å². The van der Waals surface area contributed by atoms with Crippen molar-refractivity contribution in [2.45, 2.75) is 6.92 Å². The molecular weight excluding hydrogens is 369 g/mol. The fourth-order valence-electron chi connectivity index (χ4n) is 1.97. The summed E-state index contributed by atoms with van der Waals surface area (Å²) in [6.07, 6.45) is 1.40. The van der Waals surface area contributed by atoms with Crippen LogP contribution in [0, 0.1) is 0 Å². The summed E-state index contributed by atoms with van der Waals surface area (Å²) in [4.78, 5) is 19.8. The van der Waals surface area contributed by atoms with Crippen molar-refractivity contribution in [1.82, 2.24) is 9.97 Å². The molecule has 0 saturated carbocycles. The van der Waals surface area contributed by atoms with Crippen LogP contribution in [-0.2, 0) is 4.74 Å². The van der Waals surface area contributed by atoms with Crippen LogP contribution in [-0.4, -0.2) is 37.0 Å². The van der Waals surface area contributed by atoms with Gasteiger partial charge in [0.15, 0.2) is 0 Å². The second kappa shape index (κ2) is 6.48. The minimum absolute atomic E-state index is 0.00165. The van der Waals surface area contributed by atoms with E-state index in [1.807, 2.05) is 31.2 Å². The van der Waals surface area contributed by atoms with Crippen LogP contribution in [0.1, 0.15) is 16.2 Å². The van der Waals surface area contributed by atoms with Crippen LogP contribution in [0.3, 0.4) is 0 Å². The van der Waals surface area contributed by atoms with Gasteiger partial charge in [-0.25, -0.2) is 0 Å². The third-order valence-electron chi connectivity index (χ3n) is 2.90. The van der Waals surface area contributed by atoms with Gasteiger partial charge in [0, 0.05) is 0 Å². The summed E-state index contributed by atoms with van der Waals surface area (Å²) in [5.74, 6) is 0.397. The molecule has 0 spiro atoms. The Kier molecular flexibility index (Phi) is 4.43. The molecule has 0 bridgehead atoms. The second-order valence-electron chi connectivity index (χ2n) is 4.43. The fourth-order valence-corrected chi connectivity index (χ4v) is 4.09. The number of nitrogens with zero attached hydrogens (tertiary/aromatic N) is 2. The zero-order chi connectivity index (χ0) is 15.5. The quantitative estimate of drug-likeness (QED) is 0.427. The van der Waals surface area contributed by atoms with Crippen molar-refractivity contribution in [1.29, 1.82) is 0 Å². The zero-order valence-electron chi connectivity index (χ0n) is 11.7. The molecule has 0 radical (unpaired) electrons. The number of esters is 1. The molecule has 22 heavy (non-hydrogen) atoms. The first-order chi connectivity index (χ1) is 10.7. The van der Waals surface area contributed by atoms with Crippen LogP contribution >= 0.6 is 11.6 Å². The van der Waals surface area contributed by atoms with Gasteiger partial charge in [0.2, 0.25) is 0 Å². The average Bonchev–Trinajstić information content (AvgIpc) is 2.91. The molecule has 3 aromatic rings. The van der Waals surface area contributed by atoms with E-state index in [1.54, 1.807) is 6.07 Å². The van der Waals surface area contributed by atoms with Crippen LogP contribution < -0.4 is 5.32 Å². The van der Waals surface area contributed by atoms with E-state index in [4.69, 9.17) is 16.3 Å². The molecule has 0 amide bonds. The summed E-state index contributed by atoms with van der Waals surface area (Å²) in [5, 5.41) is 4.59. The molecule has 112 valence electrons. The molecule has 7 heteroatoms. The molecular formula is C15H12ClN3O2Se. The molecule has 2 heterocycles. The van der Waals surface area contributed by atoms with Crippen LogP contribution in [0.5, 0.6) is 0 Å². The summed E-state index contributed by atoms with van der Waals surface area (Å²) < 4.78 is 6.97. The number of hydrogen-bond donors (Lipinski definition) is 1. The summed E-state index contributed by atoms with van der Waals surface area (Å²) in [5.41, 5.74) is 0.880. The number of carbonyl (C=O) groups excluding carboxylic acids is 1. The molecule has 1 aromatic carbocycles. The number of benzene rings is 1. The number of ether oxygens (including phenoxy) is 1. The Labute approximate surface area is 138 Å². The normalized spacial score (nSPS) is 10.6. The summed E-state index contributed by atoms with van der Waals surface area (Å²) in [6, 6.07) is 9.51. The van der Waals surface area contributed by atoms with Crippen molar-refractivity contribution < 1.29 is 9.53 Å². The monoisotopic (exact) mass is 381 g/mol. The molecule has 1 N–H and O–H groups in total. The van der Waals surface area contributed by atoms with E-state index in [9.17, 15) is 4.79 Å². The molecule has 5 nitrogen and oxygen atoms in total. The fraction of sp³-hybridized carbons (Fsp3) is 0.133. The molecule has 3 rings (SSSR count). The van der Waals surface area contributed by atoms with E-state index in [0.29, 0.717) is 17.6 Å². The van der Waals surface area contributed by atoms with Crippen molar-refractivity contribution in [3.05, 3.63) is 46.2 Å². The maximum atomic E-state index is 11.8. The minimum atomic E-state index is -0.226. The molecule has 0 aliphatic heterocycles. The van der Waals surface area contributed by atoms with Crippen LogP contribution in [0.2, 0.25) is 5.15 Å². The first-order valence-electron chi connectivity index (χ1n) is 6.61. The number of anilines is 2. The van der Waals surface area contributed by atoms with Gasteiger partial charge in [0.05, 0.1) is 0 Å². The van der Waals surface area contributed by atoms with Crippen molar-refractivity contribution in [3.8, 4) is 0 Å². The van der Waals surface area contributed by atoms with E-state index in [-0.39, 0.29) is 20.5 Å². The Hall–Kier alpha value is -1.88. The number of hydrogen-bond acceptors (Lipinski definition) is 5. The number of halogens is 1. The van der Waals surface area contributed by atoms with Crippen molar-refractivity contribution >= 4 is 53.2 Å². The van der Waals surface area contributed by atoms with Crippen molar-refractivity contribution in [2.75, 3.05) is 11.9 Å². The topological polar surface area (TPSA) is 64.1 Å². The Balaban J connectivity index is 1.88. The molecule has 0 unspecified atom stereocenters. The van der Waals surface area contributed by atoms with E-state index in [0.717, 1.165) is 15.5 Å². The Morgan fingerprint density at radius 1 is 1.32 bits per heavy atom. The zero-order valence-corrected chi connectivity index (χ0v) is 14.1. The van der Waals surface area contributed by atoms with Crippen LogP contribution in [0.4, 0.5) is 11.5 Å². The maximum absolute atomic E-state index is 11.8. The predicted molar refractivity (Wildman–Crippen MR) is 87.2 cm³/mol. The van der Waals surface area contributed by atoms with Crippen molar-refractivity contribution in [3.63, 3.8) is 0 Å². The molecule has 0 aliphatic carbocycles. The number of aromatic nitrogens is 2. The number of rotatable bonds is 4. The first kappa shape index (κ1) is 15.0. The van der Waals surface area contributed by atoms with Gasteiger partial charge in [-0.05, 0) is 0 Å². The Bertz CT molecular complexity index is 835. The summed E-state index contributed by atoms with van der Waals surface area (Å²) in [7, 11) is 0. The molecule has 2 aromatic heterocycles. The molecule has 0 atom stereocenters. The molecule has 0 fully saturated rings. The van der Waals surface area contributed by atoms with Gasteiger partial charge in [0.1, 0.15) is 0 Å². The molecule has 0 aliphatic rings. The molecule has 0 saturated heterocycles. The third kappa shape index (κ3) is 3.30. The van der Waals surface area contributed by atoms with Gasteiger partial charge in [0.25, 0.3) is 0 Å². The summed E-state index contributed by atoms with van der Waals surface area (Å²) >= 11 is 5.84. The number of fused-ring (bicyclic) bond motifs is 1. The number of carbonyl (C=O) groups is 1. The second-order valence-corrected chi connectivity index (χ2v) is 7.10. The predicted octanol–water partition coefficient (Wildman–Crippen LogP) is 3.26. The van der Waals surface area contributed by atoms with Gasteiger partial charge in [-0.15, -0.1) is 0 Å². The standard InChI is InChI=1S/C15H12ClN3O2Se/c1-2-21-15(20)12-6-9-5-10(3-4-11(9)22-12)19-14-7-13(16)17-8-18-14/h3-8H,2H2,1H3,(H,17,18,19). The van der Waals surface area contributed by atoms with E-state index in [1.165, 1.54) is 10.6 Å². The third-order valence-corrected chi connectivity index (χ3v) is 5.41. The van der Waals surface area contributed by atoms with Gasteiger partial charge in [-0.1, -0.05) is 0 Å². The SMILES string of the molecule is CCOC(=O)c1cc2cc(Nc3cc(Cl)ncn3)ccc2[se]1. The Morgan fingerprint density at radius 2 is 2.18 bits per heavy atom. The van der Waals surface area contributed by atoms with E-state index in [2.05, 4.69) is 15.3 Å². The van der Waals surface area contributed by atoms with Crippen LogP contribution in [0.15, 0.2) is 36.7 Å². The first-order valence-corrected chi connectivity index (χ1v) is 8.70. The van der Waals surface area contributed by atoms with Crippen LogP contribution in [0.25, 0.3) is 9.65 Å². The average molecular weight is 381 g/mol. The van der Waals surface area contributed by atoms with Gasteiger partial charge in [-0.3, -0.25) is 0 Å². The van der Waals surface area contributed by atoms with Gasteiger partial charge >= 0.3 is 138 Å². The number of nitrogens with one attached hydrogen (secondary N) is 1. The summed E-state index contributed by atoms with van der Waals surface area (Å²) in [6.45, 7) is 2.20. The van der Waals surface area contributed by atoms with E-state index < -0.39 is 0 Å². The Morgan fingerprint density at radius 3 is 2.95 bits per heavy atom.